The molecule has 3 aromatic rings. The highest BCUT2D eigenvalue weighted by atomic mass is 32.2. The van der Waals surface area contributed by atoms with E-state index in [1.807, 2.05) is 13.8 Å². The summed E-state index contributed by atoms with van der Waals surface area (Å²) in [5, 5.41) is 20.1. The SMILES string of the molecule is CCCOc1ccc(S(=O)(=O)N(C)CCN2CCCC2)cc1-c1nc2c(CCC)nn(C)c2c(=O)[nH]1.O=C(O)/C=C\C(=O)O. The van der Waals surface area contributed by atoms with Crippen LogP contribution in [-0.4, -0.2) is 99.4 Å². The van der Waals surface area contributed by atoms with Gasteiger partial charge in [0.25, 0.3) is 5.56 Å². The molecule has 0 saturated carbocycles. The molecular weight excluding hydrogens is 592 g/mol. The summed E-state index contributed by atoms with van der Waals surface area (Å²) in [6.07, 6.45) is 5.76. The summed E-state index contributed by atoms with van der Waals surface area (Å²) in [6, 6.07) is 4.75. The lowest BCUT2D eigenvalue weighted by Gasteiger charge is -2.22. The largest absolute Gasteiger partial charge is 0.493 e. The fourth-order valence-electron chi connectivity index (χ4n) is 4.70. The molecule has 1 aromatic carbocycles. The Morgan fingerprint density at radius 2 is 1.77 bits per heavy atom. The van der Waals surface area contributed by atoms with Gasteiger partial charge in [-0.1, -0.05) is 20.3 Å². The molecule has 1 aliphatic heterocycles. The van der Waals surface area contributed by atoms with Gasteiger partial charge in [0.1, 0.15) is 17.1 Å². The van der Waals surface area contributed by atoms with Gasteiger partial charge in [0.2, 0.25) is 10.0 Å². The molecule has 0 radical (unpaired) electrons. The Kier molecular flexibility index (Phi) is 12.2. The Hall–Kier alpha value is -4.08. The summed E-state index contributed by atoms with van der Waals surface area (Å²) in [5.74, 6) is -1.78. The van der Waals surface area contributed by atoms with Crippen molar-refractivity contribution in [2.45, 2.75) is 50.8 Å². The van der Waals surface area contributed by atoms with Crippen molar-refractivity contribution in [3.8, 4) is 17.1 Å². The van der Waals surface area contributed by atoms with Crippen molar-refractivity contribution in [3.63, 3.8) is 0 Å². The molecule has 0 unspecified atom stereocenters. The van der Waals surface area contributed by atoms with Crippen LogP contribution < -0.4 is 10.3 Å². The predicted octanol–water partition coefficient (Wildman–Crippen LogP) is 2.49. The number of nitrogens with one attached hydrogen (secondary N) is 1. The number of aromatic amines is 1. The maximum atomic E-state index is 13.4. The van der Waals surface area contributed by atoms with E-state index in [1.165, 1.54) is 4.31 Å². The zero-order chi connectivity index (χ0) is 32.4. The third-order valence-electron chi connectivity index (χ3n) is 6.92. The van der Waals surface area contributed by atoms with Gasteiger partial charge in [-0.2, -0.15) is 9.40 Å². The van der Waals surface area contributed by atoms with Gasteiger partial charge in [-0.15, -0.1) is 0 Å². The summed E-state index contributed by atoms with van der Waals surface area (Å²) in [5.41, 5.74) is 1.76. The van der Waals surface area contributed by atoms with Gasteiger partial charge < -0.3 is 24.8 Å². The lowest BCUT2D eigenvalue weighted by Crippen LogP contribution is -2.35. The van der Waals surface area contributed by atoms with E-state index in [-0.39, 0.29) is 16.3 Å². The number of carbonyl (C=O) groups is 2. The molecule has 1 aliphatic rings. The Labute approximate surface area is 256 Å². The molecule has 0 atom stereocenters. The average molecular weight is 633 g/mol. The molecule has 14 nitrogen and oxygen atoms in total. The normalized spacial score (nSPS) is 13.8. The molecule has 2 aromatic heterocycles. The number of benzene rings is 1. The van der Waals surface area contributed by atoms with Gasteiger partial charge in [-0.3, -0.25) is 9.48 Å². The van der Waals surface area contributed by atoms with Gasteiger partial charge in [0.15, 0.2) is 5.52 Å². The Morgan fingerprint density at radius 3 is 2.36 bits per heavy atom. The Morgan fingerprint density at radius 1 is 1.11 bits per heavy atom. The van der Waals surface area contributed by atoms with Crippen LogP contribution in [0, 0.1) is 0 Å². The number of aliphatic carboxylic acids is 2. The number of likely N-dealkylation sites (tertiary alicyclic amines) is 1. The number of sulfonamides is 1. The summed E-state index contributed by atoms with van der Waals surface area (Å²) in [7, 11) is -0.425. The molecule has 3 heterocycles. The van der Waals surface area contributed by atoms with Gasteiger partial charge >= 0.3 is 11.9 Å². The number of H-pyrrole nitrogens is 1. The van der Waals surface area contributed by atoms with E-state index in [0.717, 1.165) is 44.5 Å². The second kappa shape index (κ2) is 15.6. The number of rotatable bonds is 13. The lowest BCUT2D eigenvalue weighted by molar-refractivity contribution is -0.134. The van der Waals surface area contributed by atoms with Crippen LogP contribution in [0.1, 0.15) is 45.2 Å². The van der Waals surface area contributed by atoms with Crippen LogP contribution in [-0.2, 0) is 33.1 Å². The lowest BCUT2D eigenvalue weighted by atomic mass is 10.1. The molecule has 0 amide bonds. The summed E-state index contributed by atoms with van der Waals surface area (Å²) < 4.78 is 35.7. The van der Waals surface area contributed by atoms with Crippen LogP contribution in [0.3, 0.4) is 0 Å². The number of carboxylic acid groups (broad SMARTS) is 2. The minimum absolute atomic E-state index is 0.132. The molecular formula is C29H40N6O8S. The highest BCUT2D eigenvalue weighted by Crippen LogP contribution is 2.32. The number of hydrogen-bond acceptors (Lipinski definition) is 9. The monoisotopic (exact) mass is 632 g/mol. The highest BCUT2D eigenvalue weighted by Gasteiger charge is 2.25. The third kappa shape index (κ3) is 8.74. The maximum Gasteiger partial charge on any atom is 0.328 e. The van der Waals surface area contributed by atoms with Gasteiger partial charge in [-0.25, -0.2) is 23.0 Å². The number of aryl methyl sites for hydroxylation is 2. The number of hydrogen-bond donors (Lipinski definition) is 3. The molecule has 4 rings (SSSR count). The first kappa shape index (κ1) is 34.4. The van der Waals surface area contributed by atoms with Gasteiger partial charge in [0.05, 0.1) is 22.8 Å². The van der Waals surface area contributed by atoms with Gasteiger partial charge in [0, 0.05) is 39.3 Å². The molecule has 0 bridgehead atoms. The number of nitrogens with zero attached hydrogens (tertiary/aromatic N) is 5. The molecule has 0 spiro atoms. The van der Waals surface area contributed by atoms with Gasteiger partial charge in [-0.05, 0) is 57.0 Å². The van der Waals surface area contributed by atoms with E-state index in [2.05, 4.69) is 15.0 Å². The average Bonchev–Trinajstić information content (AvgIpc) is 3.62. The first-order chi connectivity index (χ1) is 20.9. The summed E-state index contributed by atoms with van der Waals surface area (Å²) in [4.78, 5) is 42.1. The quantitative estimate of drug-likeness (QED) is 0.235. The smallest absolute Gasteiger partial charge is 0.328 e. The molecule has 1 fully saturated rings. The highest BCUT2D eigenvalue weighted by molar-refractivity contribution is 7.89. The number of fused-ring (bicyclic) bond motifs is 1. The standard InChI is InChI=1S/C25H36N6O4S.C4H4O4/c1-5-9-20-22-23(30(4)28-20)25(32)27-24(26-22)19-17-18(10-11-21(19)35-16-6-2)36(33,34)29(3)14-15-31-12-7-8-13-31;5-3(6)1-2-4(7)8/h10-11,17H,5-9,12-16H2,1-4H3,(H,26,27,32);1-2H,(H,5,6)(H,7,8)/b;2-1-. The van der Waals surface area contributed by atoms with Crippen molar-refractivity contribution in [1.82, 2.24) is 29.0 Å². The van der Waals surface area contributed by atoms with Crippen molar-refractivity contribution < 1.29 is 33.0 Å². The molecule has 1 saturated heterocycles. The topological polar surface area (TPSA) is 188 Å². The van der Waals surface area contributed by atoms with Crippen molar-refractivity contribution in [1.29, 1.82) is 0 Å². The second-order valence-corrected chi connectivity index (χ2v) is 12.4. The minimum Gasteiger partial charge on any atom is -0.493 e. The molecule has 44 heavy (non-hydrogen) atoms. The van der Waals surface area contributed by atoms with E-state index in [9.17, 15) is 22.8 Å². The first-order valence-electron chi connectivity index (χ1n) is 14.4. The van der Waals surface area contributed by atoms with Crippen LogP contribution in [0.15, 0.2) is 40.0 Å². The Bertz CT molecular complexity index is 1640. The summed E-state index contributed by atoms with van der Waals surface area (Å²) >= 11 is 0. The van der Waals surface area contributed by atoms with E-state index in [1.54, 1.807) is 37.0 Å². The minimum atomic E-state index is -3.75. The molecule has 15 heteroatoms. The van der Waals surface area contributed by atoms with Crippen molar-refractivity contribution in [2.24, 2.45) is 7.05 Å². The van der Waals surface area contributed by atoms with Crippen molar-refractivity contribution >= 4 is 33.0 Å². The number of carboxylic acids is 2. The zero-order valence-electron chi connectivity index (χ0n) is 25.4. The fourth-order valence-corrected chi connectivity index (χ4v) is 5.89. The first-order valence-corrected chi connectivity index (χ1v) is 15.9. The maximum absolute atomic E-state index is 13.4. The Balaban J connectivity index is 0.000000583. The van der Waals surface area contributed by atoms with E-state index >= 15 is 0 Å². The number of likely N-dealkylation sites (N-methyl/N-ethyl adjacent to an activating group) is 1. The zero-order valence-corrected chi connectivity index (χ0v) is 26.3. The number of ether oxygens (including phenoxy) is 1. The van der Waals surface area contributed by atoms with Crippen LogP contribution in [0.25, 0.3) is 22.4 Å². The van der Waals surface area contributed by atoms with Crippen LogP contribution >= 0.6 is 0 Å². The van der Waals surface area contributed by atoms with E-state index in [0.29, 0.717) is 60.6 Å². The third-order valence-corrected chi connectivity index (χ3v) is 8.78. The van der Waals surface area contributed by atoms with Crippen LogP contribution in [0.4, 0.5) is 0 Å². The second-order valence-electron chi connectivity index (χ2n) is 10.3. The predicted molar refractivity (Wildman–Crippen MR) is 164 cm³/mol. The van der Waals surface area contributed by atoms with Crippen LogP contribution in [0.2, 0.25) is 0 Å². The molecule has 3 N–H and O–H groups in total. The number of aromatic nitrogens is 4. The summed E-state index contributed by atoms with van der Waals surface area (Å²) in [6.45, 7) is 7.62. The van der Waals surface area contributed by atoms with Crippen molar-refractivity contribution in [3.05, 3.63) is 46.4 Å². The van der Waals surface area contributed by atoms with E-state index in [4.69, 9.17) is 19.9 Å². The van der Waals surface area contributed by atoms with Crippen LogP contribution in [0.5, 0.6) is 5.75 Å². The van der Waals surface area contributed by atoms with E-state index < -0.39 is 22.0 Å². The molecule has 0 aliphatic carbocycles. The fraction of sp³-hybridized carbons (Fsp3) is 0.483. The van der Waals surface area contributed by atoms with Crippen molar-refractivity contribution in [2.75, 3.05) is 39.8 Å². The molecule has 240 valence electrons.